The van der Waals surface area contributed by atoms with E-state index in [1.54, 1.807) is 6.08 Å². The summed E-state index contributed by atoms with van der Waals surface area (Å²) in [5.74, 6) is -0.0876. The molecule has 0 aromatic heterocycles. The fourth-order valence-electron chi connectivity index (χ4n) is 6.26. The van der Waals surface area contributed by atoms with Crippen molar-refractivity contribution < 1.29 is 15.0 Å². The largest absolute Gasteiger partial charge is 0.394 e. The van der Waals surface area contributed by atoms with Crippen molar-refractivity contribution in [2.45, 2.75) is 199 Å². The average molecular weight is 812 g/mol. The molecule has 0 fully saturated rings. The van der Waals surface area contributed by atoms with Crippen LogP contribution in [0.1, 0.15) is 187 Å². The highest BCUT2D eigenvalue weighted by atomic mass is 16.3. The molecule has 332 valence electrons. The summed E-state index contributed by atoms with van der Waals surface area (Å²) in [4.78, 5) is 12.4. The lowest BCUT2D eigenvalue weighted by Crippen LogP contribution is -2.45. The first-order valence-corrected chi connectivity index (χ1v) is 23.9. The van der Waals surface area contributed by atoms with Crippen molar-refractivity contribution in [3.05, 3.63) is 134 Å². The molecule has 59 heavy (non-hydrogen) atoms. The summed E-state index contributed by atoms with van der Waals surface area (Å²) in [5.41, 5.74) is 0. The van der Waals surface area contributed by atoms with Gasteiger partial charge in [0.15, 0.2) is 0 Å². The van der Waals surface area contributed by atoms with Crippen LogP contribution >= 0.6 is 0 Å². The van der Waals surface area contributed by atoms with Gasteiger partial charge in [0, 0.05) is 6.42 Å². The summed E-state index contributed by atoms with van der Waals surface area (Å²) in [6.07, 6.45) is 77.1. The van der Waals surface area contributed by atoms with Gasteiger partial charge in [-0.05, 0) is 96.3 Å². The molecule has 2 atom stereocenters. The fraction of sp³-hybridized carbons (Fsp3) is 0.582. The number of aliphatic hydroxyl groups excluding tert-OH is 2. The van der Waals surface area contributed by atoms with Crippen LogP contribution in [0.15, 0.2) is 134 Å². The zero-order chi connectivity index (χ0) is 42.8. The molecule has 0 bridgehead atoms. The predicted molar refractivity (Wildman–Crippen MR) is 262 cm³/mol. The van der Waals surface area contributed by atoms with Crippen LogP contribution in [0, 0.1) is 0 Å². The quantitative estimate of drug-likeness (QED) is 0.0425. The maximum absolute atomic E-state index is 12.4. The number of carbonyl (C=O) groups is 1. The highest BCUT2D eigenvalue weighted by molar-refractivity contribution is 5.76. The van der Waals surface area contributed by atoms with Crippen LogP contribution in [0.2, 0.25) is 0 Å². The molecule has 0 saturated carbocycles. The Balaban J connectivity index is 3.68. The van der Waals surface area contributed by atoms with E-state index in [2.05, 4.69) is 141 Å². The topological polar surface area (TPSA) is 69.6 Å². The van der Waals surface area contributed by atoms with E-state index in [-0.39, 0.29) is 12.5 Å². The second-order valence-electron chi connectivity index (χ2n) is 15.4. The van der Waals surface area contributed by atoms with Gasteiger partial charge in [-0.2, -0.15) is 0 Å². The molecule has 3 N–H and O–H groups in total. The minimum Gasteiger partial charge on any atom is -0.394 e. The van der Waals surface area contributed by atoms with E-state index in [4.69, 9.17) is 0 Å². The van der Waals surface area contributed by atoms with E-state index < -0.39 is 12.1 Å². The van der Waals surface area contributed by atoms with E-state index in [1.807, 2.05) is 6.08 Å². The number of amides is 1. The molecule has 0 rings (SSSR count). The summed E-state index contributed by atoms with van der Waals surface area (Å²) in [7, 11) is 0. The zero-order valence-corrected chi connectivity index (χ0v) is 38.0. The highest BCUT2D eigenvalue weighted by Gasteiger charge is 2.17. The molecule has 0 heterocycles. The van der Waals surface area contributed by atoms with E-state index in [9.17, 15) is 15.0 Å². The number of hydrogen-bond acceptors (Lipinski definition) is 3. The van der Waals surface area contributed by atoms with Gasteiger partial charge < -0.3 is 15.5 Å². The SMILES string of the molecule is CC/C=C\C/C=C\C/C=C\C/C=C\C/C=C\C/C=C\C/C=C\C/C=C\C/C=C\C/C=C\CCCCCCCCC(=O)NC(CO)C(O)/C=C/CCCCCCCCCC. The number of rotatable bonds is 41. The summed E-state index contributed by atoms with van der Waals surface area (Å²) in [5, 5.41) is 22.9. The minimum atomic E-state index is -0.852. The van der Waals surface area contributed by atoms with Gasteiger partial charge in [0.05, 0.1) is 18.8 Å². The number of allylic oxidation sites excluding steroid dienone is 21. The van der Waals surface area contributed by atoms with Gasteiger partial charge in [-0.25, -0.2) is 0 Å². The van der Waals surface area contributed by atoms with Gasteiger partial charge in [-0.1, -0.05) is 218 Å². The number of hydrogen-bond donors (Lipinski definition) is 3. The lowest BCUT2D eigenvalue weighted by molar-refractivity contribution is -0.123. The molecule has 0 saturated heterocycles. The third kappa shape index (κ3) is 45.5. The Morgan fingerprint density at radius 2 is 0.746 bits per heavy atom. The first-order chi connectivity index (χ1) is 29.2. The van der Waals surface area contributed by atoms with Gasteiger partial charge >= 0.3 is 0 Å². The molecule has 2 unspecified atom stereocenters. The zero-order valence-electron chi connectivity index (χ0n) is 38.0. The van der Waals surface area contributed by atoms with Crippen molar-refractivity contribution in [3.8, 4) is 0 Å². The summed E-state index contributed by atoms with van der Waals surface area (Å²) in [6.45, 7) is 4.15. The molecule has 0 radical (unpaired) electrons. The Morgan fingerprint density at radius 1 is 0.424 bits per heavy atom. The van der Waals surface area contributed by atoms with Gasteiger partial charge in [0.1, 0.15) is 0 Å². The van der Waals surface area contributed by atoms with Crippen LogP contribution in [0.5, 0.6) is 0 Å². The smallest absolute Gasteiger partial charge is 0.220 e. The van der Waals surface area contributed by atoms with Gasteiger partial charge in [0.2, 0.25) is 5.91 Å². The van der Waals surface area contributed by atoms with Crippen LogP contribution in [0.4, 0.5) is 0 Å². The van der Waals surface area contributed by atoms with Gasteiger partial charge in [0.25, 0.3) is 0 Å². The molecule has 4 nitrogen and oxygen atoms in total. The van der Waals surface area contributed by atoms with Crippen molar-refractivity contribution in [1.29, 1.82) is 0 Å². The lowest BCUT2D eigenvalue weighted by Gasteiger charge is -2.20. The number of unbranched alkanes of at least 4 members (excludes halogenated alkanes) is 14. The Labute approximate surface area is 364 Å². The van der Waals surface area contributed by atoms with Crippen LogP contribution in [-0.4, -0.2) is 34.9 Å². The molecule has 0 aliphatic carbocycles. The molecule has 0 aliphatic heterocycles. The highest BCUT2D eigenvalue weighted by Crippen LogP contribution is 2.12. The summed E-state index contributed by atoms with van der Waals surface area (Å²) < 4.78 is 0. The fourth-order valence-corrected chi connectivity index (χ4v) is 6.26. The van der Waals surface area contributed by atoms with Crippen molar-refractivity contribution >= 4 is 5.91 Å². The van der Waals surface area contributed by atoms with Crippen molar-refractivity contribution in [2.24, 2.45) is 0 Å². The molecule has 0 aromatic rings. The number of carbonyl (C=O) groups excluding carboxylic acids is 1. The monoisotopic (exact) mass is 812 g/mol. The molecule has 0 aliphatic rings. The molecular weight excluding hydrogens is 723 g/mol. The van der Waals surface area contributed by atoms with Gasteiger partial charge in [-0.15, -0.1) is 0 Å². The standard InChI is InChI=1S/C55H89NO3/c1-3-5-7-9-11-13-15-16-17-18-19-20-21-22-23-24-25-26-27-28-29-30-31-32-33-34-35-36-37-38-39-40-41-43-45-47-49-51-55(59)56-53(52-57)54(58)50-48-46-44-42-14-12-10-8-6-4-2/h5,7,11,13,16-17,19-20,22-23,25-26,28-29,31-32,34-35,37-38,48,50,53-54,57-58H,3-4,6,8-10,12,14-15,18,21,24,27,30,33,36,39-47,49,51-52H2,1-2H3,(H,56,59)/b7-5-,13-11-,17-16-,20-19-,23-22-,26-25-,29-28-,32-31-,35-34-,38-37-,50-48+. The minimum absolute atomic E-state index is 0.0876. The predicted octanol–water partition coefficient (Wildman–Crippen LogP) is 15.5. The first kappa shape index (κ1) is 55.5. The van der Waals surface area contributed by atoms with Crippen LogP contribution in [0.3, 0.4) is 0 Å². The maximum Gasteiger partial charge on any atom is 0.220 e. The molecule has 1 amide bonds. The molecule has 0 aromatic carbocycles. The first-order valence-electron chi connectivity index (χ1n) is 23.9. The Hall–Kier alpha value is -3.47. The Morgan fingerprint density at radius 3 is 1.12 bits per heavy atom. The summed E-state index contributed by atoms with van der Waals surface area (Å²) >= 11 is 0. The Bertz CT molecular complexity index is 1240. The van der Waals surface area contributed by atoms with Crippen LogP contribution in [-0.2, 0) is 4.79 Å². The molecular formula is C55H89NO3. The third-order valence-corrected chi connectivity index (χ3v) is 9.89. The average Bonchev–Trinajstić information content (AvgIpc) is 3.24. The second kappa shape index (κ2) is 48.9. The number of aliphatic hydroxyl groups is 2. The third-order valence-electron chi connectivity index (χ3n) is 9.89. The van der Waals surface area contributed by atoms with E-state index in [1.165, 1.54) is 64.2 Å². The molecule has 0 spiro atoms. The van der Waals surface area contributed by atoms with E-state index in [0.717, 1.165) is 103 Å². The van der Waals surface area contributed by atoms with Crippen molar-refractivity contribution in [1.82, 2.24) is 5.32 Å². The van der Waals surface area contributed by atoms with Crippen LogP contribution in [0.25, 0.3) is 0 Å². The Kier molecular flexibility index (Phi) is 46.0. The van der Waals surface area contributed by atoms with E-state index >= 15 is 0 Å². The molecule has 4 heteroatoms. The van der Waals surface area contributed by atoms with E-state index in [0.29, 0.717) is 6.42 Å². The second-order valence-corrected chi connectivity index (χ2v) is 15.4. The van der Waals surface area contributed by atoms with Crippen molar-refractivity contribution in [2.75, 3.05) is 6.61 Å². The maximum atomic E-state index is 12.4. The van der Waals surface area contributed by atoms with Crippen molar-refractivity contribution in [3.63, 3.8) is 0 Å². The van der Waals surface area contributed by atoms with Crippen LogP contribution < -0.4 is 5.32 Å². The van der Waals surface area contributed by atoms with Gasteiger partial charge in [-0.3, -0.25) is 4.79 Å². The normalized spacial score (nSPS) is 14.2. The lowest BCUT2D eigenvalue weighted by atomic mass is 10.1. The number of nitrogens with one attached hydrogen (secondary N) is 1. The summed E-state index contributed by atoms with van der Waals surface area (Å²) in [6, 6.07) is -0.638.